The maximum absolute atomic E-state index is 11.7. The zero-order valence-corrected chi connectivity index (χ0v) is 10.00. The number of hydrogen-bond acceptors (Lipinski definition) is 4. The summed E-state index contributed by atoms with van der Waals surface area (Å²) in [4.78, 5) is 17.8. The lowest BCUT2D eigenvalue weighted by Gasteiger charge is -2.25. The minimum atomic E-state index is 0.0361. The van der Waals surface area contributed by atoms with E-state index in [0.29, 0.717) is 26.3 Å². The van der Waals surface area contributed by atoms with Crippen molar-refractivity contribution in [3.8, 4) is 0 Å². The van der Waals surface area contributed by atoms with Gasteiger partial charge in [-0.1, -0.05) is 0 Å². The van der Waals surface area contributed by atoms with Gasteiger partial charge in [-0.25, -0.2) is 4.98 Å². The molecule has 1 aliphatic heterocycles. The summed E-state index contributed by atoms with van der Waals surface area (Å²) >= 11 is 1.58. The van der Waals surface area contributed by atoms with Crippen molar-refractivity contribution in [1.82, 2.24) is 9.88 Å². The first kappa shape index (κ1) is 11.3. The fourth-order valence-electron chi connectivity index (χ4n) is 1.50. The number of carbonyl (C=O) groups excluding carboxylic acids is 1. The van der Waals surface area contributed by atoms with Gasteiger partial charge in [-0.15, -0.1) is 11.3 Å². The molecular formula is C11H14N2O2S. The molecule has 1 aliphatic rings. The highest BCUT2D eigenvalue weighted by Gasteiger charge is 2.13. The van der Waals surface area contributed by atoms with Crippen LogP contribution in [0.25, 0.3) is 6.08 Å². The SMILES string of the molecule is Cc1nc(C=CC(=O)N2CCOCC2)cs1. The molecule has 1 amide bonds. The van der Waals surface area contributed by atoms with Crippen molar-refractivity contribution in [1.29, 1.82) is 0 Å². The Hall–Kier alpha value is -1.20. The predicted octanol–water partition coefficient (Wildman–Crippen LogP) is 1.32. The van der Waals surface area contributed by atoms with E-state index in [9.17, 15) is 4.79 Å². The fraction of sp³-hybridized carbons (Fsp3) is 0.455. The van der Waals surface area contributed by atoms with Gasteiger partial charge in [0.05, 0.1) is 23.9 Å². The molecule has 1 saturated heterocycles. The minimum absolute atomic E-state index is 0.0361. The van der Waals surface area contributed by atoms with Crippen LogP contribution in [0.5, 0.6) is 0 Å². The van der Waals surface area contributed by atoms with Crippen LogP contribution in [-0.4, -0.2) is 42.1 Å². The van der Waals surface area contributed by atoms with Gasteiger partial charge in [0.1, 0.15) is 0 Å². The van der Waals surface area contributed by atoms with Crippen LogP contribution in [0, 0.1) is 6.92 Å². The molecule has 0 saturated carbocycles. The lowest BCUT2D eigenvalue weighted by molar-refractivity contribution is -0.129. The topological polar surface area (TPSA) is 42.4 Å². The number of thiazole rings is 1. The van der Waals surface area contributed by atoms with Crippen molar-refractivity contribution in [2.45, 2.75) is 6.92 Å². The van der Waals surface area contributed by atoms with Crippen LogP contribution < -0.4 is 0 Å². The summed E-state index contributed by atoms with van der Waals surface area (Å²) in [6.07, 6.45) is 3.35. The Labute approximate surface area is 98.6 Å². The average Bonchev–Trinajstić information content (AvgIpc) is 2.73. The molecular weight excluding hydrogens is 224 g/mol. The summed E-state index contributed by atoms with van der Waals surface area (Å²) in [5, 5.41) is 2.96. The molecule has 1 aromatic heterocycles. The maximum atomic E-state index is 11.7. The van der Waals surface area contributed by atoms with Gasteiger partial charge in [0.25, 0.3) is 0 Å². The van der Waals surface area contributed by atoms with E-state index < -0.39 is 0 Å². The van der Waals surface area contributed by atoms with E-state index in [-0.39, 0.29) is 5.91 Å². The van der Waals surface area contributed by atoms with Crippen molar-refractivity contribution in [2.24, 2.45) is 0 Å². The number of carbonyl (C=O) groups is 1. The van der Waals surface area contributed by atoms with Crippen LogP contribution in [0.4, 0.5) is 0 Å². The number of aryl methyl sites for hydroxylation is 1. The number of ether oxygens (including phenoxy) is 1. The number of hydrogen-bond donors (Lipinski definition) is 0. The molecule has 2 heterocycles. The average molecular weight is 238 g/mol. The van der Waals surface area contributed by atoms with Gasteiger partial charge in [0.15, 0.2) is 0 Å². The second-order valence-electron chi connectivity index (χ2n) is 3.56. The zero-order valence-electron chi connectivity index (χ0n) is 9.18. The summed E-state index contributed by atoms with van der Waals surface area (Å²) in [7, 11) is 0. The maximum Gasteiger partial charge on any atom is 0.246 e. The number of amides is 1. The largest absolute Gasteiger partial charge is 0.378 e. The Balaban J connectivity index is 1.93. The fourth-order valence-corrected chi connectivity index (χ4v) is 2.08. The summed E-state index contributed by atoms with van der Waals surface area (Å²) in [6, 6.07) is 0. The summed E-state index contributed by atoms with van der Waals surface area (Å²) in [5.74, 6) is 0.0361. The molecule has 16 heavy (non-hydrogen) atoms. The molecule has 2 rings (SSSR count). The third kappa shape index (κ3) is 2.90. The van der Waals surface area contributed by atoms with Crippen molar-refractivity contribution >= 4 is 23.3 Å². The molecule has 0 N–H and O–H groups in total. The quantitative estimate of drug-likeness (QED) is 0.730. The van der Waals surface area contributed by atoms with Crippen LogP contribution in [-0.2, 0) is 9.53 Å². The van der Waals surface area contributed by atoms with E-state index in [2.05, 4.69) is 4.98 Å². The Morgan fingerprint density at radius 1 is 1.56 bits per heavy atom. The molecule has 0 spiro atoms. The molecule has 1 aromatic rings. The molecule has 5 heteroatoms. The standard InChI is InChI=1S/C11H14N2O2S/c1-9-12-10(8-16-9)2-3-11(14)13-4-6-15-7-5-13/h2-3,8H,4-7H2,1H3. The molecule has 0 aromatic carbocycles. The number of rotatable bonds is 2. The monoisotopic (exact) mass is 238 g/mol. The lowest BCUT2D eigenvalue weighted by atomic mass is 10.3. The molecule has 1 fully saturated rings. The van der Waals surface area contributed by atoms with Gasteiger partial charge < -0.3 is 9.64 Å². The first-order valence-corrected chi connectivity index (χ1v) is 6.10. The van der Waals surface area contributed by atoms with Crippen molar-refractivity contribution in [2.75, 3.05) is 26.3 Å². The summed E-state index contributed by atoms with van der Waals surface area (Å²) < 4.78 is 5.19. The third-order valence-electron chi connectivity index (χ3n) is 2.36. The minimum Gasteiger partial charge on any atom is -0.378 e. The predicted molar refractivity (Wildman–Crippen MR) is 63.3 cm³/mol. The van der Waals surface area contributed by atoms with Gasteiger partial charge in [-0.2, -0.15) is 0 Å². The number of aromatic nitrogens is 1. The molecule has 4 nitrogen and oxygen atoms in total. The van der Waals surface area contributed by atoms with E-state index in [1.807, 2.05) is 12.3 Å². The first-order valence-electron chi connectivity index (χ1n) is 5.22. The third-order valence-corrected chi connectivity index (χ3v) is 3.15. The molecule has 0 radical (unpaired) electrons. The Morgan fingerprint density at radius 2 is 2.31 bits per heavy atom. The smallest absolute Gasteiger partial charge is 0.246 e. The second kappa shape index (κ2) is 5.23. The van der Waals surface area contributed by atoms with Crippen LogP contribution in [0.15, 0.2) is 11.5 Å². The van der Waals surface area contributed by atoms with Crippen LogP contribution in [0.3, 0.4) is 0 Å². The molecule has 0 atom stereocenters. The second-order valence-corrected chi connectivity index (χ2v) is 4.62. The van der Waals surface area contributed by atoms with Crippen molar-refractivity contribution in [3.05, 3.63) is 22.2 Å². The molecule has 0 unspecified atom stereocenters. The van der Waals surface area contributed by atoms with Gasteiger partial charge in [-0.05, 0) is 13.0 Å². The van der Waals surface area contributed by atoms with E-state index in [1.165, 1.54) is 0 Å². The highest BCUT2D eigenvalue weighted by Crippen LogP contribution is 2.09. The number of nitrogens with zero attached hydrogens (tertiary/aromatic N) is 2. The van der Waals surface area contributed by atoms with Crippen LogP contribution in [0.2, 0.25) is 0 Å². The van der Waals surface area contributed by atoms with E-state index in [1.54, 1.807) is 28.4 Å². The van der Waals surface area contributed by atoms with Gasteiger partial charge >= 0.3 is 0 Å². The van der Waals surface area contributed by atoms with Crippen LogP contribution in [0.1, 0.15) is 10.7 Å². The van der Waals surface area contributed by atoms with Crippen molar-refractivity contribution < 1.29 is 9.53 Å². The highest BCUT2D eigenvalue weighted by atomic mass is 32.1. The normalized spacial score (nSPS) is 16.9. The lowest BCUT2D eigenvalue weighted by Crippen LogP contribution is -2.39. The van der Waals surface area contributed by atoms with E-state index >= 15 is 0 Å². The van der Waals surface area contributed by atoms with Gasteiger partial charge in [0.2, 0.25) is 5.91 Å². The van der Waals surface area contributed by atoms with Gasteiger partial charge in [0, 0.05) is 24.5 Å². The highest BCUT2D eigenvalue weighted by molar-refractivity contribution is 7.09. The summed E-state index contributed by atoms with van der Waals surface area (Å²) in [5.41, 5.74) is 0.851. The Bertz CT molecular complexity index is 394. The first-order chi connectivity index (χ1) is 7.75. The van der Waals surface area contributed by atoms with Gasteiger partial charge in [-0.3, -0.25) is 4.79 Å². The van der Waals surface area contributed by atoms with Crippen LogP contribution >= 0.6 is 11.3 Å². The zero-order chi connectivity index (χ0) is 11.4. The molecule has 0 bridgehead atoms. The van der Waals surface area contributed by atoms with E-state index in [0.717, 1.165) is 10.7 Å². The van der Waals surface area contributed by atoms with E-state index in [4.69, 9.17) is 4.74 Å². The molecule has 86 valence electrons. The Morgan fingerprint density at radius 3 is 2.94 bits per heavy atom. The summed E-state index contributed by atoms with van der Waals surface area (Å²) in [6.45, 7) is 4.58. The van der Waals surface area contributed by atoms with Crippen molar-refractivity contribution in [3.63, 3.8) is 0 Å². The number of morpholine rings is 1. The Kier molecular flexibility index (Phi) is 3.69. The molecule has 0 aliphatic carbocycles.